The van der Waals surface area contributed by atoms with Gasteiger partial charge in [0, 0.05) is 11.5 Å². The van der Waals surface area contributed by atoms with Crippen LogP contribution in [0.25, 0.3) is 0 Å². The van der Waals surface area contributed by atoms with Crippen LogP contribution < -0.4 is 15.4 Å². The van der Waals surface area contributed by atoms with E-state index in [2.05, 4.69) is 26.6 Å². The number of ether oxygens (including phenoxy) is 1. The molecule has 0 aliphatic carbocycles. The number of rotatable bonds is 3. The number of halogens is 1. The van der Waals surface area contributed by atoms with Crippen LogP contribution in [-0.2, 0) is 4.79 Å². The molecule has 0 spiro atoms. The number of imide groups is 1. The van der Waals surface area contributed by atoms with Crippen LogP contribution in [0.5, 0.6) is 5.75 Å². The second kappa shape index (κ2) is 6.39. The molecular weight excluding hydrogens is 300 g/mol. The van der Waals surface area contributed by atoms with E-state index in [0.29, 0.717) is 5.75 Å². The second-order valence-corrected chi connectivity index (χ2v) is 4.59. The van der Waals surface area contributed by atoms with Crippen molar-refractivity contribution >= 4 is 27.9 Å². The van der Waals surface area contributed by atoms with Gasteiger partial charge in [0.2, 0.25) is 0 Å². The summed E-state index contributed by atoms with van der Waals surface area (Å²) >= 11 is 3.38. The summed E-state index contributed by atoms with van der Waals surface area (Å²) < 4.78 is 6.41. The van der Waals surface area contributed by atoms with Crippen LogP contribution in [0, 0.1) is 6.92 Å². The van der Waals surface area contributed by atoms with E-state index < -0.39 is 18.0 Å². The zero-order chi connectivity index (χ0) is 13.7. The first-order valence-corrected chi connectivity index (χ1v) is 6.18. The molecule has 0 heterocycles. The standard InChI is InChI=1S/C12H15BrN2O3/c1-7-6-9(4-5-10(7)13)18-8(2)11(16)15-12(17)14-3/h4-6,8H,1-3H3,(H2,14,15,16,17). The van der Waals surface area contributed by atoms with Gasteiger partial charge in [-0.25, -0.2) is 4.79 Å². The fourth-order valence-electron chi connectivity index (χ4n) is 1.22. The average molecular weight is 315 g/mol. The largest absolute Gasteiger partial charge is 0.481 e. The molecule has 0 bridgehead atoms. The number of hydrogen-bond donors (Lipinski definition) is 2. The summed E-state index contributed by atoms with van der Waals surface area (Å²) in [6.45, 7) is 3.50. The van der Waals surface area contributed by atoms with Crippen LogP contribution in [0.2, 0.25) is 0 Å². The average Bonchev–Trinajstić information content (AvgIpc) is 2.33. The van der Waals surface area contributed by atoms with Crippen molar-refractivity contribution in [3.05, 3.63) is 28.2 Å². The topological polar surface area (TPSA) is 67.4 Å². The maximum Gasteiger partial charge on any atom is 0.321 e. The van der Waals surface area contributed by atoms with E-state index >= 15 is 0 Å². The highest BCUT2D eigenvalue weighted by atomic mass is 79.9. The summed E-state index contributed by atoms with van der Waals surface area (Å²) in [7, 11) is 1.44. The Morgan fingerprint density at radius 1 is 1.39 bits per heavy atom. The highest BCUT2D eigenvalue weighted by Gasteiger charge is 2.16. The van der Waals surface area contributed by atoms with Crippen LogP contribution in [0.1, 0.15) is 12.5 Å². The maximum absolute atomic E-state index is 11.6. The molecule has 1 unspecified atom stereocenters. The van der Waals surface area contributed by atoms with Crippen molar-refractivity contribution in [2.24, 2.45) is 0 Å². The summed E-state index contributed by atoms with van der Waals surface area (Å²) in [4.78, 5) is 22.5. The van der Waals surface area contributed by atoms with E-state index in [0.717, 1.165) is 10.0 Å². The molecule has 0 aliphatic heterocycles. The van der Waals surface area contributed by atoms with Crippen LogP contribution in [0.4, 0.5) is 4.79 Å². The number of aryl methyl sites for hydroxylation is 1. The van der Waals surface area contributed by atoms with Gasteiger partial charge in [-0.15, -0.1) is 0 Å². The first-order valence-electron chi connectivity index (χ1n) is 5.39. The first-order chi connectivity index (χ1) is 8.43. The molecule has 0 aromatic heterocycles. The predicted octanol–water partition coefficient (Wildman–Crippen LogP) is 1.98. The Kier molecular flexibility index (Phi) is 5.15. The van der Waals surface area contributed by atoms with Crippen molar-refractivity contribution in [2.75, 3.05) is 7.05 Å². The van der Waals surface area contributed by atoms with Gasteiger partial charge < -0.3 is 10.1 Å². The van der Waals surface area contributed by atoms with Gasteiger partial charge in [-0.2, -0.15) is 0 Å². The molecule has 1 atom stereocenters. The molecule has 1 aromatic carbocycles. The molecule has 1 aromatic rings. The Morgan fingerprint density at radius 3 is 2.61 bits per heavy atom. The van der Waals surface area contributed by atoms with E-state index in [1.807, 2.05) is 19.1 Å². The summed E-state index contributed by atoms with van der Waals surface area (Å²) in [6.07, 6.45) is -0.747. The Balaban J connectivity index is 2.63. The summed E-state index contributed by atoms with van der Waals surface area (Å²) in [5.74, 6) is 0.0881. The SMILES string of the molecule is CNC(=O)NC(=O)C(C)Oc1ccc(Br)c(C)c1. The predicted molar refractivity (Wildman–Crippen MR) is 71.6 cm³/mol. The van der Waals surface area contributed by atoms with Gasteiger partial charge in [0.25, 0.3) is 5.91 Å². The van der Waals surface area contributed by atoms with E-state index in [4.69, 9.17) is 4.74 Å². The van der Waals surface area contributed by atoms with E-state index in [-0.39, 0.29) is 0 Å². The number of benzene rings is 1. The van der Waals surface area contributed by atoms with Gasteiger partial charge in [0.1, 0.15) is 5.75 Å². The van der Waals surface area contributed by atoms with E-state index in [1.54, 1.807) is 13.0 Å². The Hall–Kier alpha value is -1.56. The van der Waals surface area contributed by atoms with Gasteiger partial charge in [-0.3, -0.25) is 10.1 Å². The summed E-state index contributed by atoms with van der Waals surface area (Å²) in [5, 5.41) is 4.45. The zero-order valence-corrected chi connectivity index (χ0v) is 12.0. The molecule has 18 heavy (non-hydrogen) atoms. The lowest BCUT2D eigenvalue weighted by Gasteiger charge is -2.14. The van der Waals surface area contributed by atoms with Gasteiger partial charge in [0.15, 0.2) is 6.10 Å². The molecular formula is C12H15BrN2O3. The quantitative estimate of drug-likeness (QED) is 0.896. The molecule has 0 fully saturated rings. The number of hydrogen-bond acceptors (Lipinski definition) is 3. The third kappa shape index (κ3) is 4.03. The molecule has 3 amide bonds. The van der Waals surface area contributed by atoms with Crippen molar-refractivity contribution in [1.82, 2.24) is 10.6 Å². The maximum atomic E-state index is 11.6. The molecule has 0 radical (unpaired) electrons. The van der Waals surface area contributed by atoms with Crippen molar-refractivity contribution < 1.29 is 14.3 Å². The zero-order valence-electron chi connectivity index (χ0n) is 10.4. The van der Waals surface area contributed by atoms with Crippen molar-refractivity contribution in [3.63, 3.8) is 0 Å². The monoisotopic (exact) mass is 314 g/mol. The van der Waals surface area contributed by atoms with Crippen LogP contribution >= 0.6 is 15.9 Å². The van der Waals surface area contributed by atoms with E-state index in [9.17, 15) is 9.59 Å². The molecule has 0 saturated heterocycles. The lowest BCUT2D eigenvalue weighted by molar-refractivity contribution is -0.126. The number of amides is 3. The van der Waals surface area contributed by atoms with Crippen LogP contribution in [0.15, 0.2) is 22.7 Å². The smallest absolute Gasteiger partial charge is 0.321 e. The molecule has 2 N–H and O–H groups in total. The summed E-state index contributed by atoms with van der Waals surface area (Å²) in [5.41, 5.74) is 1.01. The van der Waals surface area contributed by atoms with Crippen LogP contribution in [0.3, 0.4) is 0 Å². The van der Waals surface area contributed by atoms with Crippen molar-refractivity contribution in [1.29, 1.82) is 0 Å². The lowest BCUT2D eigenvalue weighted by atomic mass is 10.2. The number of nitrogens with one attached hydrogen (secondary N) is 2. The fraction of sp³-hybridized carbons (Fsp3) is 0.333. The molecule has 1 rings (SSSR count). The normalized spacial score (nSPS) is 11.6. The highest BCUT2D eigenvalue weighted by Crippen LogP contribution is 2.22. The van der Waals surface area contributed by atoms with Crippen molar-refractivity contribution in [2.45, 2.75) is 20.0 Å². The van der Waals surface area contributed by atoms with Gasteiger partial charge in [-0.1, -0.05) is 15.9 Å². The Labute approximate surface area is 114 Å². The molecule has 0 saturated carbocycles. The third-order valence-electron chi connectivity index (χ3n) is 2.28. The Bertz CT molecular complexity index is 463. The van der Waals surface area contributed by atoms with Gasteiger partial charge in [-0.05, 0) is 37.6 Å². The fourth-order valence-corrected chi connectivity index (χ4v) is 1.47. The Morgan fingerprint density at radius 2 is 2.06 bits per heavy atom. The van der Waals surface area contributed by atoms with Crippen molar-refractivity contribution in [3.8, 4) is 5.75 Å². The van der Waals surface area contributed by atoms with Gasteiger partial charge in [0.05, 0.1) is 0 Å². The number of carbonyl (C=O) groups excluding carboxylic acids is 2. The molecule has 0 aliphatic rings. The molecule has 6 heteroatoms. The minimum atomic E-state index is -0.747. The van der Waals surface area contributed by atoms with E-state index in [1.165, 1.54) is 7.05 Å². The number of carbonyl (C=O) groups is 2. The molecule has 98 valence electrons. The third-order valence-corrected chi connectivity index (χ3v) is 3.17. The first kappa shape index (κ1) is 14.5. The van der Waals surface area contributed by atoms with Gasteiger partial charge >= 0.3 is 6.03 Å². The van der Waals surface area contributed by atoms with Crippen LogP contribution in [-0.4, -0.2) is 25.1 Å². The summed E-state index contributed by atoms with van der Waals surface area (Å²) in [6, 6.07) is 4.85. The number of urea groups is 1. The minimum Gasteiger partial charge on any atom is -0.481 e. The molecule has 5 nitrogen and oxygen atoms in total. The lowest BCUT2D eigenvalue weighted by Crippen LogP contribution is -2.43. The minimum absolute atomic E-state index is 0.491. The highest BCUT2D eigenvalue weighted by molar-refractivity contribution is 9.10. The second-order valence-electron chi connectivity index (χ2n) is 3.74.